The number of nitrogens with one attached hydrogen (secondary N) is 1. The standard InChI is InChI=1S/C18H20BrN3O/c19-15-11-16(13-20-12-15)21-17-8-10-22(18(17)23)9-4-7-14-5-2-1-3-6-14/h1-3,5-6,11-13,17,21H,4,7-10H2. The summed E-state index contributed by atoms with van der Waals surface area (Å²) in [7, 11) is 0. The van der Waals surface area contributed by atoms with Crippen LogP contribution in [0.3, 0.4) is 0 Å². The molecule has 1 aliphatic heterocycles. The Kier molecular flexibility index (Phi) is 5.28. The Morgan fingerprint density at radius 2 is 2.09 bits per heavy atom. The number of carbonyl (C=O) groups excluding carboxylic acids is 1. The van der Waals surface area contributed by atoms with Crippen LogP contribution in [0, 0.1) is 0 Å². The van der Waals surface area contributed by atoms with Crippen LogP contribution in [0.25, 0.3) is 0 Å². The number of rotatable bonds is 6. The molecule has 2 aromatic rings. The average Bonchev–Trinajstić information content (AvgIpc) is 2.89. The Hall–Kier alpha value is -1.88. The zero-order chi connectivity index (χ0) is 16.1. The molecule has 2 heterocycles. The molecule has 1 amide bonds. The number of likely N-dealkylation sites (tertiary alicyclic amines) is 1. The zero-order valence-corrected chi connectivity index (χ0v) is 14.5. The summed E-state index contributed by atoms with van der Waals surface area (Å²) in [5.74, 6) is 0.193. The van der Waals surface area contributed by atoms with Gasteiger partial charge in [-0.3, -0.25) is 9.78 Å². The minimum absolute atomic E-state index is 0.136. The lowest BCUT2D eigenvalue weighted by Crippen LogP contribution is -2.34. The molecule has 0 radical (unpaired) electrons. The smallest absolute Gasteiger partial charge is 0.245 e. The summed E-state index contributed by atoms with van der Waals surface area (Å²) in [5.41, 5.74) is 2.21. The molecular weight excluding hydrogens is 354 g/mol. The van der Waals surface area contributed by atoms with Gasteiger partial charge in [-0.05, 0) is 46.8 Å². The number of hydrogen-bond donors (Lipinski definition) is 1. The van der Waals surface area contributed by atoms with Crippen LogP contribution in [0.1, 0.15) is 18.4 Å². The number of pyridine rings is 1. The predicted molar refractivity (Wildman–Crippen MR) is 95.3 cm³/mol. The molecule has 1 aromatic heterocycles. The largest absolute Gasteiger partial charge is 0.372 e. The summed E-state index contributed by atoms with van der Waals surface area (Å²) in [6.07, 6.45) is 6.34. The molecule has 0 saturated carbocycles. The van der Waals surface area contributed by atoms with Crippen LogP contribution in [0.4, 0.5) is 5.69 Å². The molecule has 1 aromatic carbocycles. The normalized spacial score (nSPS) is 17.5. The van der Waals surface area contributed by atoms with Crippen molar-refractivity contribution in [3.63, 3.8) is 0 Å². The van der Waals surface area contributed by atoms with Crippen molar-refractivity contribution < 1.29 is 4.79 Å². The molecule has 1 aliphatic rings. The van der Waals surface area contributed by atoms with Crippen LogP contribution in [0.5, 0.6) is 0 Å². The van der Waals surface area contributed by atoms with Crippen molar-refractivity contribution in [3.8, 4) is 0 Å². The first kappa shape index (κ1) is 16.0. The number of nitrogens with zero attached hydrogens (tertiary/aromatic N) is 2. The quantitative estimate of drug-likeness (QED) is 0.842. The topological polar surface area (TPSA) is 45.2 Å². The van der Waals surface area contributed by atoms with Gasteiger partial charge < -0.3 is 10.2 Å². The molecular formula is C18H20BrN3O. The van der Waals surface area contributed by atoms with Gasteiger partial charge in [0.15, 0.2) is 0 Å². The maximum atomic E-state index is 12.5. The number of aromatic nitrogens is 1. The van der Waals surface area contributed by atoms with E-state index in [0.717, 1.165) is 42.5 Å². The highest BCUT2D eigenvalue weighted by atomic mass is 79.9. The second-order valence-corrected chi connectivity index (χ2v) is 6.71. The van der Waals surface area contributed by atoms with E-state index in [0.29, 0.717) is 0 Å². The van der Waals surface area contributed by atoms with Crippen molar-refractivity contribution in [2.45, 2.75) is 25.3 Å². The van der Waals surface area contributed by atoms with Gasteiger partial charge in [-0.25, -0.2) is 0 Å². The van der Waals surface area contributed by atoms with E-state index in [-0.39, 0.29) is 11.9 Å². The maximum Gasteiger partial charge on any atom is 0.245 e. The van der Waals surface area contributed by atoms with Crippen molar-refractivity contribution in [3.05, 3.63) is 58.8 Å². The minimum atomic E-state index is -0.136. The Labute approximate surface area is 145 Å². The van der Waals surface area contributed by atoms with Crippen LogP contribution >= 0.6 is 15.9 Å². The molecule has 3 rings (SSSR count). The third kappa shape index (κ3) is 4.32. The fourth-order valence-corrected chi connectivity index (χ4v) is 3.27. The summed E-state index contributed by atoms with van der Waals surface area (Å²) in [6.45, 7) is 1.65. The summed E-state index contributed by atoms with van der Waals surface area (Å²) < 4.78 is 0.910. The van der Waals surface area contributed by atoms with Crippen molar-refractivity contribution >= 4 is 27.5 Å². The number of halogens is 1. The van der Waals surface area contributed by atoms with Crippen molar-refractivity contribution in [1.82, 2.24) is 9.88 Å². The van der Waals surface area contributed by atoms with Crippen molar-refractivity contribution in [2.24, 2.45) is 0 Å². The number of amides is 1. The summed E-state index contributed by atoms with van der Waals surface area (Å²) in [6, 6.07) is 12.2. The number of carbonyl (C=O) groups is 1. The molecule has 1 atom stereocenters. The minimum Gasteiger partial charge on any atom is -0.372 e. The first-order valence-corrected chi connectivity index (χ1v) is 8.71. The fraction of sp³-hybridized carbons (Fsp3) is 0.333. The van der Waals surface area contributed by atoms with Gasteiger partial charge in [0.05, 0.1) is 11.9 Å². The monoisotopic (exact) mass is 373 g/mol. The zero-order valence-electron chi connectivity index (χ0n) is 12.9. The number of benzene rings is 1. The lowest BCUT2D eigenvalue weighted by molar-refractivity contribution is -0.128. The van der Waals surface area contributed by atoms with Gasteiger partial charge in [-0.1, -0.05) is 30.3 Å². The highest BCUT2D eigenvalue weighted by Gasteiger charge is 2.30. The lowest BCUT2D eigenvalue weighted by Gasteiger charge is -2.17. The highest BCUT2D eigenvalue weighted by molar-refractivity contribution is 9.10. The van der Waals surface area contributed by atoms with Crippen molar-refractivity contribution in [2.75, 3.05) is 18.4 Å². The Morgan fingerprint density at radius 3 is 2.87 bits per heavy atom. The highest BCUT2D eigenvalue weighted by Crippen LogP contribution is 2.19. The van der Waals surface area contributed by atoms with Crippen LogP contribution in [-0.4, -0.2) is 34.9 Å². The van der Waals surface area contributed by atoms with Gasteiger partial charge in [0.2, 0.25) is 5.91 Å². The molecule has 23 heavy (non-hydrogen) atoms. The SMILES string of the molecule is O=C1C(Nc2cncc(Br)c2)CCN1CCCc1ccccc1. The average molecular weight is 374 g/mol. The predicted octanol–water partition coefficient (Wildman–Crippen LogP) is 3.49. The van der Waals surface area contributed by atoms with E-state index in [1.54, 1.807) is 12.4 Å². The van der Waals surface area contributed by atoms with Gasteiger partial charge in [-0.15, -0.1) is 0 Å². The van der Waals surface area contributed by atoms with E-state index in [2.05, 4.69) is 50.5 Å². The fourth-order valence-electron chi connectivity index (χ4n) is 2.91. The summed E-state index contributed by atoms with van der Waals surface area (Å²) >= 11 is 3.40. The second kappa shape index (κ2) is 7.59. The Bertz CT molecular complexity index is 662. The van der Waals surface area contributed by atoms with Gasteiger partial charge >= 0.3 is 0 Å². The first-order chi connectivity index (χ1) is 11.2. The van der Waals surface area contributed by atoms with E-state index in [9.17, 15) is 4.79 Å². The second-order valence-electron chi connectivity index (χ2n) is 5.79. The molecule has 1 fully saturated rings. The van der Waals surface area contributed by atoms with Gasteiger partial charge in [-0.2, -0.15) is 0 Å². The molecule has 0 bridgehead atoms. The summed E-state index contributed by atoms with van der Waals surface area (Å²) in [4.78, 5) is 18.6. The molecule has 1 N–H and O–H groups in total. The van der Waals surface area contributed by atoms with Crippen LogP contribution < -0.4 is 5.32 Å². The molecule has 1 saturated heterocycles. The maximum absolute atomic E-state index is 12.5. The van der Waals surface area contributed by atoms with Gasteiger partial charge in [0.1, 0.15) is 6.04 Å². The number of anilines is 1. The number of hydrogen-bond acceptors (Lipinski definition) is 3. The number of aryl methyl sites for hydroxylation is 1. The Morgan fingerprint density at radius 1 is 1.26 bits per heavy atom. The van der Waals surface area contributed by atoms with E-state index in [1.165, 1.54) is 5.56 Å². The summed E-state index contributed by atoms with van der Waals surface area (Å²) in [5, 5.41) is 3.29. The molecule has 0 aliphatic carbocycles. The van der Waals surface area contributed by atoms with Crippen LogP contribution in [-0.2, 0) is 11.2 Å². The first-order valence-electron chi connectivity index (χ1n) is 7.92. The van der Waals surface area contributed by atoms with E-state index < -0.39 is 0 Å². The molecule has 5 heteroatoms. The third-order valence-corrected chi connectivity index (χ3v) is 4.51. The van der Waals surface area contributed by atoms with Crippen LogP contribution in [0.15, 0.2) is 53.3 Å². The third-order valence-electron chi connectivity index (χ3n) is 4.08. The van der Waals surface area contributed by atoms with Crippen molar-refractivity contribution in [1.29, 1.82) is 0 Å². The lowest BCUT2D eigenvalue weighted by atomic mass is 10.1. The van der Waals surface area contributed by atoms with Crippen LogP contribution in [0.2, 0.25) is 0 Å². The molecule has 0 spiro atoms. The molecule has 120 valence electrons. The van der Waals surface area contributed by atoms with E-state index in [1.807, 2.05) is 17.0 Å². The van der Waals surface area contributed by atoms with E-state index in [4.69, 9.17) is 0 Å². The molecule has 4 nitrogen and oxygen atoms in total. The van der Waals surface area contributed by atoms with Gasteiger partial charge in [0.25, 0.3) is 0 Å². The molecule has 1 unspecified atom stereocenters. The Balaban J connectivity index is 1.48. The van der Waals surface area contributed by atoms with Gasteiger partial charge in [0, 0.05) is 23.8 Å². The van der Waals surface area contributed by atoms with E-state index >= 15 is 0 Å².